The number of aromatic amines is 2. The Labute approximate surface area is 101 Å². The van der Waals surface area contributed by atoms with E-state index in [4.69, 9.17) is 11.5 Å². The molecule has 78 valence electrons. The minimum atomic E-state index is 0. The first-order valence-electron chi connectivity index (χ1n) is 3.28. The molecule has 2 aromatic rings. The van der Waals surface area contributed by atoms with Crippen molar-refractivity contribution >= 4 is 32.9 Å². The fourth-order valence-corrected chi connectivity index (χ4v) is 2.09. The lowest BCUT2D eigenvalue weighted by Gasteiger charge is -1.79. The van der Waals surface area contributed by atoms with Gasteiger partial charge in [-0.2, -0.15) is 0 Å². The minimum absolute atomic E-state index is 0. The van der Waals surface area contributed by atoms with Gasteiger partial charge in [-0.15, -0.1) is 0 Å². The largest absolute Gasteiger partial charge is 1.00 e. The number of hydrogen-bond acceptors (Lipinski definition) is 4. The van der Waals surface area contributed by atoms with Crippen LogP contribution in [0.25, 0.3) is 11.4 Å². The Morgan fingerprint density at radius 3 is 1.43 bits per heavy atom. The molecule has 8 heteroatoms. The van der Waals surface area contributed by atoms with Crippen LogP contribution >= 0.6 is 22.7 Å². The molecule has 0 amide bonds. The standard InChI is InChI=1S/C6H6N4S2.2ClH/c7-5-9-3(1-11-5)4-2-12-6(8)10-4;;/h1-2H,(H2,7,9)(H2,8,10);2*1H. The molecule has 2 rings (SSSR count). The van der Waals surface area contributed by atoms with E-state index in [9.17, 15) is 0 Å². The average Bonchev–Trinajstić information content (AvgIpc) is 2.58. The van der Waals surface area contributed by atoms with Crippen LogP contribution in [0.4, 0.5) is 10.3 Å². The molecule has 2 heterocycles. The Hall–Kier alpha value is -0.560. The summed E-state index contributed by atoms with van der Waals surface area (Å²) in [5, 5.41) is 5.30. The molecule has 0 unspecified atom stereocenters. The summed E-state index contributed by atoms with van der Waals surface area (Å²) in [5.41, 5.74) is 13.0. The number of anilines is 2. The van der Waals surface area contributed by atoms with Gasteiger partial charge in [-0.1, -0.05) is 22.7 Å². The molecular formula is C6H8Cl2N4S2. The topological polar surface area (TPSA) is 80.3 Å². The number of nitrogen functional groups attached to an aromatic ring is 2. The van der Waals surface area contributed by atoms with Crippen molar-refractivity contribution in [1.29, 1.82) is 0 Å². The molecule has 6 N–H and O–H groups in total. The van der Waals surface area contributed by atoms with E-state index < -0.39 is 0 Å². The third kappa shape index (κ3) is 2.71. The summed E-state index contributed by atoms with van der Waals surface area (Å²) < 4.78 is 0. The third-order valence-electron chi connectivity index (χ3n) is 1.41. The van der Waals surface area contributed by atoms with E-state index in [2.05, 4.69) is 9.97 Å². The van der Waals surface area contributed by atoms with Gasteiger partial charge in [0, 0.05) is 10.8 Å². The molecule has 0 spiro atoms. The highest BCUT2D eigenvalue weighted by Gasteiger charge is 2.12. The number of hydrogen-bond donors (Lipinski definition) is 2. The first kappa shape index (κ1) is 13.4. The van der Waals surface area contributed by atoms with Gasteiger partial charge in [0.1, 0.15) is 0 Å². The Morgan fingerprint density at radius 1 is 0.857 bits per heavy atom. The van der Waals surface area contributed by atoms with Gasteiger partial charge in [-0.25, -0.2) is 9.97 Å². The number of nitrogens with two attached hydrogens (primary N) is 2. The highest BCUT2D eigenvalue weighted by molar-refractivity contribution is 7.14. The van der Waals surface area contributed by atoms with E-state index in [0.29, 0.717) is 10.3 Å². The van der Waals surface area contributed by atoms with E-state index in [1.165, 1.54) is 22.7 Å². The highest BCUT2D eigenvalue weighted by atomic mass is 35.5. The molecule has 0 aliphatic heterocycles. The highest BCUT2D eigenvalue weighted by Crippen LogP contribution is 2.18. The molecule has 0 saturated heterocycles. The van der Waals surface area contributed by atoms with E-state index >= 15 is 0 Å². The molecular weight excluding hydrogens is 263 g/mol. The van der Waals surface area contributed by atoms with Gasteiger partial charge in [-0.3, -0.25) is 11.5 Å². The number of aromatic nitrogens is 2. The van der Waals surface area contributed by atoms with Crippen LogP contribution < -0.4 is 46.2 Å². The van der Waals surface area contributed by atoms with Crippen LogP contribution in [0, 0.1) is 0 Å². The lowest BCUT2D eigenvalue weighted by molar-refractivity contribution is -0.378. The van der Waals surface area contributed by atoms with E-state index in [0.717, 1.165) is 11.4 Å². The van der Waals surface area contributed by atoms with E-state index in [-0.39, 0.29) is 24.8 Å². The molecule has 0 aliphatic rings. The summed E-state index contributed by atoms with van der Waals surface area (Å²) in [7, 11) is 0. The predicted octanol–water partition coefficient (Wildman–Crippen LogP) is -5.72. The van der Waals surface area contributed by atoms with Gasteiger partial charge in [0.25, 0.3) is 0 Å². The second kappa shape index (κ2) is 5.35. The zero-order valence-corrected chi connectivity index (χ0v) is 10.0. The Bertz CT molecular complexity index is 362. The van der Waals surface area contributed by atoms with Crippen LogP contribution in [0.3, 0.4) is 0 Å². The molecule has 0 fully saturated rings. The van der Waals surface area contributed by atoms with Crippen LogP contribution in [0.2, 0.25) is 0 Å². The predicted molar refractivity (Wildman–Crippen MR) is 49.6 cm³/mol. The SMILES string of the molecule is Nc1[nH+]c(-c2csc(N)[nH+]2)cs1.[Cl-].[Cl-]. The Balaban J connectivity index is 0.000000845. The van der Waals surface area contributed by atoms with Crippen molar-refractivity contribution in [2.75, 3.05) is 11.5 Å². The van der Waals surface area contributed by atoms with Gasteiger partial charge >= 0.3 is 10.3 Å². The van der Waals surface area contributed by atoms with Gasteiger partial charge in [0.2, 0.25) is 0 Å². The number of thiazole rings is 2. The number of rotatable bonds is 1. The molecule has 0 aromatic carbocycles. The average molecular weight is 271 g/mol. The molecule has 14 heavy (non-hydrogen) atoms. The van der Waals surface area contributed by atoms with E-state index in [1.54, 1.807) is 0 Å². The van der Waals surface area contributed by atoms with E-state index in [1.807, 2.05) is 10.8 Å². The first-order chi connectivity index (χ1) is 5.75. The number of H-pyrrole nitrogens is 2. The van der Waals surface area contributed by atoms with Crippen molar-refractivity contribution < 1.29 is 34.8 Å². The normalized spacial score (nSPS) is 8.86. The van der Waals surface area contributed by atoms with Crippen molar-refractivity contribution in [2.45, 2.75) is 0 Å². The van der Waals surface area contributed by atoms with Gasteiger partial charge in [0.15, 0.2) is 11.4 Å². The lowest BCUT2D eigenvalue weighted by Crippen LogP contribution is -3.00. The molecule has 0 bridgehead atoms. The lowest BCUT2D eigenvalue weighted by atomic mass is 10.4. The van der Waals surface area contributed by atoms with Crippen LogP contribution in [0.5, 0.6) is 0 Å². The Morgan fingerprint density at radius 2 is 1.21 bits per heavy atom. The summed E-state index contributed by atoms with van der Waals surface area (Å²) >= 11 is 2.95. The fraction of sp³-hybridized carbons (Fsp3) is 0. The smallest absolute Gasteiger partial charge is 0.330 e. The first-order valence-corrected chi connectivity index (χ1v) is 5.04. The molecule has 0 aliphatic carbocycles. The summed E-state index contributed by atoms with van der Waals surface area (Å²) in [6.45, 7) is 0. The van der Waals surface area contributed by atoms with Crippen LogP contribution in [-0.2, 0) is 0 Å². The van der Waals surface area contributed by atoms with Gasteiger partial charge in [0.05, 0.1) is 0 Å². The summed E-state index contributed by atoms with van der Waals surface area (Å²) in [5.74, 6) is 0. The van der Waals surface area contributed by atoms with Crippen molar-refractivity contribution in [3.05, 3.63) is 10.8 Å². The second-order valence-electron chi connectivity index (χ2n) is 2.28. The number of nitrogens with one attached hydrogen (secondary N) is 2. The van der Waals surface area contributed by atoms with Crippen molar-refractivity contribution in [3.63, 3.8) is 0 Å². The molecule has 0 radical (unpaired) electrons. The van der Waals surface area contributed by atoms with Gasteiger partial charge < -0.3 is 24.8 Å². The minimum Gasteiger partial charge on any atom is -1.00 e. The summed E-state index contributed by atoms with van der Waals surface area (Å²) in [6, 6.07) is 0. The molecule has 4 nitrogen and oxygen atoms in total. The fourth-order valence-electron chi connectivity index (χ4n) is 0.890. The van der Waals surface area contributed by atoms with Crippen molar-refractivity contribution in [2.24, 2.45) is 0 Å². The summed E-state index contributed by atoms with van der Waals surface area (Å²) in [4.78, 5) is 6.04. The van der Waals surface area contributed by atoms with Crippen molar-refractivity contribution in [1.82, 2.24) is 0 Å². The molecule has 0 atom stereocenters. The maximum atomic E-state index is 5.54. The van der Waals surface area contributed by atoms with Gasteiger partial charge in [-0.05, 0) is 0 Å². The Kier molecular flexibility index (Phi) is 5.14. The second-order valence-corrected chi connectivity index (χ2v) is 4.10. The zero-order valence-electron chi connectivity index (χ0n) is 6.88. The van der Waals surface area contributed by atoms with Crippen molar-refractivity contribution in [3.8, 4) is 11.4 Å². The molecule has 2 aromatic heterocycles. The maximum Gasteiger partial charge on any atom is 0.330 e. The maximum absolute atomic E-state index is 5.54. The quantitative estimate of drug-likeness (QED) is 0.542. The summed E-state index contributed by atoms with van der Waals surface area (Å²) in [6.07, 6.45) is 0. The molecule has 0 saturated carbocycles. The third-order valence-corrected chi connectivity index (χ3v) is 2.83. The number of halogens is 2. The van der Waals surface area contributed by atoms with Crippen LogP contribution in [-0.4, -0.2) is 0 Å². The monoisotopic (exact) mass is 270 g/mol. The van der Waals surface area contributed by atoms with Crippen LogP contribution in [0.1, 0.15) is 0 Å². The zero-order chi connectivity index (χ0) is 8.55. The van der Waals surface area contributed by atoms with Crippen LogP contribution in [0.15, 0.2) is 10.8 Å².